The number of amides is 1. The number of aliphatic hydroxyl groups is 1. The number of nitrogens with zero attached hydrogens (tertiary/aromatic N) is 6. The van der Waals surface area contributed by atoms with Crippen LogP contribution in [0.25, 0.3) is 5.65 Å². The number of hydrogen-bond donors (Lipinski definition) is 2. The van der Waals surface area contributed by atoms with Crippen molar-refractivity contribution < 1.29 is 28.2 Å². The molecule has 222 valence electrons. The van der Waals surface area contributed by atoms with Crippen LogP contribution >= 0.6 is 0 Å². The van der Waals surface area contributed by atoms with Gasteiger partial charge in [0.1, 0.15) is 17.0 Å². The predicted octanol–water partition coefficient (Wildman–Crippen LogP) is 4.40. The first-order chi connectivity index (χ1) is 19.5. The van der Waals surface area contributed by atoms with Crippen molar-refractivity contribution in [2.75, 3.05) is 29.9 Å². The van der Waals surface area contributed by atoms with E-state index in [1.807, 2.05) is 25.7 Å². The molecule has 5 rings (SSSR count). The summed E-state index contributed by atoms with van der Waals surface area (Å²) in [5, 5.41) is 20.3. The first kappa shape index (κ1) is 28.9. The fourth-order valence-corrected chi connectivity index (χ4v) is 5.59. The molecule has 1 amide bonds. The molecule has 1 saturated carbocycles. The van der Waals surface area contributed by atoms with E-state index >= 15 is 0 Å². The van der Waals surface area contributed by atoms with Gasteiger partial charge in [0.25, 0.3) is 12.3 Å². The van der Waals surface area contributed by atoms with Crippen LogP contribution in [0.2, 0.25) is 0 Å². The third kappa shape index (κ3) is 6.50. The summed E-state index contributed by atoms with van der Waals surface area (Å²) in [4.78, 5) is 32.6. The SMILES string of the molecule is CC(C)(C)OC(=O)[C@H]1CCCN(c2ccn3ncc(C(=O)Nc4cn(C5CCC(CO)CC5)nc4C(F)F)c3n2)C1. The molecule has 0 spiro atoms. The number of fused-ring (bicyclic) bond motifs is 1. The van der Waals surface area contributed by atoms with Gasteiger partial charge < -0.3 is 20.1 Å². The third-order valence-electron chi connectivity index (χ3n) is 7.75. The number of aromatic nitrogens is 5. The Morgan fingerprint density at radius 1 is 1.20 bits per heavy atom. The topological polar surface area (TPSA) is 127 Å². The van der Waals surface area contributed by atoms with Crippen molar-refractivity contribution in [1.29, 1.82) is 0 Å². The number of rotatable bonds is 7. The molecule has 3 aromatic heterocycles. The Kier molecular flexibility index (Phi) is 8.25. The van der Waals surface area contributed by atoms with Crippen LogP contribution in [0.3, 0.4) is 0 Å². The zero-order valence-corrected chi connectivity index (χ0v) is 23.6. The number of esters is 1. The van der Waals surface area contributed by atoms with Gasteiger partial charge in [-0.1, -0.05) is 0 Å². The second-order valence-corrected chi connectivity index (χ2v) is 12.0. The molecule has 2 N–H and O–H groups in total. The van der Waals surface area contributed by atoms with Gasteiger partial charge in [0.15, 0.2) is 11.3 Å². The highest BCUT2D eigenvalue weighted by molar-refractivity contribution is 6.08. The largest absolute Gasteiger partial charge is 0.460 e. The van der Waals surface area contributed by atoms with E-state index in [0.29, 0.717) is 18.9 Å². The average molecular weight is 574 g/mol. The van der Waals surface area contributed by atoms with Crippen molar-refractivity contribution in [3.8, 4) is 0 Å². The van der Waals surface area contributed by atoms with E-state index in [-0.39, 0.29) is 47.4 Å². The molecule has 0 aromatic carbocycles. The van der Waals surface area contributed by atoms with Crippen LogP contribution in [0.1, 0.15) is 87.8 Å². The van der Waals surface area contributed by atoms with Crippen molar-refractivity contribution in [2.24, 2.45) is 11.8 Å². The second-order valence-electron chi connectivity index (χ2n) is 12.0. The molecular formula is C28H37F2N7O4. The molecule has 1 aliphatic heterocycles. The first-order valence-corrected chi connectivity index (χ1v) is 14.1. The zero-order valence-electron chi connectivity index (χ0n) is 23.6. The van der Waals surface area contributed by atoms with Crippen molar-refractivity contribution in [1.82, 2.24) is 24.4 Å². The lowest BCUT2D eigenvalue weighted by Crippen LogP contribution is -2.41. The molecule has 11 nitrogen and oxygen atoms in total. The van der Waals surface area contributed by atoms with Crippen molar-refractivity contribution in [3.05, 3.63) is 35.9 Å². The molecule has 1 aliphatic carbocycles. The summed E-state index contributed by atoms with van der Waals surface area (Å²) in [6, 6.07) is 1.69. The Labute approximate surface area is 236 Å². The summed E-state index contributed by atoms with van der Waals surface area (Å²) in [6.45, 7) is 6.76. The van der Waals surface area contributed by atoms with Crippen LogP contribution in [0.5, 0.6) is 0 Å². The fourth-order valence-electron chi connectivity index (χ4n) is 5.59. The number of piperidine rings is 1. The number of carbonyl (C=O) groups is 2. The van der Waals surface area contributed by atoms with Gasteiger partial charge >= 0.3 is 5.97 Å². The Balaban J connectivity index is 1.34. The Morgan fingerprint density at radius 2 is 1.95 bits per heavy atom. The summed E-state index contributed by atoms with van der Waals surface area (Å²) in [6.07, 6.45) is 6.13. The summed E-state index contributed by atoms with van der Waals surface area (Å²) >= 11 is 0. The van der Waals surface area contributed by atoms with Gasteiger partial charge in [-0.25, -0.2) is 18.3 Å². The molecule has 41 heavy (non-hydrogen) atoms. The number of alkyl halides is 2. The van der Waals surface area contributed by atoms with Crippen LogP contribution in [-0.2, 0) is 9.53 Å². The number of ether oxygens (including phenoxy) is 1. The summed E-state index contributed by atoms with van der Waals surface area (Å²) in [5.41, 5.74) is -0.719. The molecule has 0 radical (unpaired) electrons. The molecule has 0 unspecified atom stereocenters. The number of halogens is 2. The number of aliphatic hydroxyl groups excluding tert-OH is 1. The molecule has 3 aromatic rings. The van der Waals surface area contributed by atoms with Crippen LogP contribution < -0.4 is 10.2 Å². The van der Waals surface area contributed by atoms with E-state index in [1.54, 1.807) is 12.3 Å². The van der Waals surface area contributed by atoms with Crippen molar-refractivity contribution in [2.45, 2.75) is 77.4 Å². The van der Waals surface area contributed by atoms with E-state index in [0.717, 1.165) is 38.5 Å². The number of anilines is 2. The maximum absolute atomic E-state index is 13.9. The molecule has 1 atom stereocenters. The zero-order chi connectivity index (χ0) is 29.3. The molecular weight excluding hydrogens is 536 g/mol. The lowest BCUT2D eigenvalue weighted by Gasteiger charge is -2.33. The minimum atomic E-state index is -2.87. The normalized spacial score (nSPS) is 21.8. The molecule has 0 bridgehead atoms. The molecule has 2 fully saturated rings. The van der Waals surface area contributed by atoms with Gasteiger partial charge in [-0.2, -0.15) is 10.2 Å². The van der Waals surface area contributed by atoms with Crippen molar-refractivity contribution >= 4 is 29.0 Å². The van der Waals surface area contributed by atoms with E-state index in [4.69, 9.17) is 4.74 Å². The lowest BCUT2D eigenvalue weighted by atomic mass is 9.87. The van der Waals surface area contributed by atoms with Gasteiger partial charge in [0.05, 0.1) is 23.8 Å². The quantitative estimate of drug-likeness (QED) is 0.399. The van der Waals surface area contributed by atoms with Crippen LogP contribution in [0.4, 0.5) is 20.3 Å². The molecule has 1 saturated heterocycles. The number of hydrogen-bond acceptors (Lipinski definition) is 8. The van der Waals surface area contributed by atoms with Gasteiger partial charge in [-0.3, -0.25) is 14.3 Å². The molecule has 2 aliphatic rings. The predicted molar refractivity (Wildman–Crippen MR) is 147 cm³/mol. The van der Waals surface area contributed by atoms with Gasteiger partial charge in [-0.05, 0) is 71.3 Å². The van der Waals surface area contributed by atoms with E-state index in [9.17, 15) is 23.5 Å². The van der Waals surface area contributed by atoms with Crippen LogP contribution in [0.15, 0.2) is 24.7 Å². The minimum absolute atomic E-state index is 0.0546. The highest BCUT2D eigenvalue weighted by atomic mass is 19.3. The number of nitrogens with one attached hydrogen (secondary N) is 1. The maximum atomic E-state index is 13.9. The lowest BCUT2D eigenvalue weighted by molar-refractivity contribution is -0.160. The summed E-state index contributed by atoms with van der Waals surface area (Å²) in [7, 11) is 0. The Morgan fingerprint density at radius 3 is 2.63 bits per heavy atom. The first-order valence-electron chi connectivity index (χ1n) is 14.1. The van der Waals surface area contributed by atoms with Gasteiger partial charge in [-0.15, -0.1) is 0 Å². The average Bonchev–Trinajstić information content (AvgIpc) is 3.56. The van der Waals surface area contributed by atoms with E-state index in [2.05, 4.69) is 20.5 Å². The molecule has 13 heteroatoms. The van der Waals surface area contributed by atoms with Crippen LogP contribution in [-0.4, -0.2) is 66.7 Å². The highest BCUT2D eigenvalue weighted by Crippen LogP contribution is 2.35. The highest BCUT2D eigenvalue weighted by Gasteiger charge is 2.31. The smallest absolute Gasteiger partial charge is 0.311 e. The van der Waals surface area contributed by atoms with Crippen LogP contribution in [0, 0.1) is 11.8 Å². The standard InChI is InChI=1S/C28H37F2N7O4/c1-28(2,3)41-27(40)18-5-4-11-35(14-18)22-10-12-36-25(33-22)20(13-31-36)26(39)32-21-15-37(34-23(21)24(29)30)19-8-6-17(16-38)7-9-19/h10,12-13,15,17-19,24,38H,4-9,11,14,16H2,1-3H3,(H,32,39)/t17?,18-,19?/m0/s1. The van der Waals surface area contributed by atoms with E-state index < -0.39 is 23.6 Å². The Hall–Kier alpha value is -3.61. The molecule has 4 heterocycles. The monoisotopic (exact) mass is 573 g/mol. The Bertz CT molecular complexity index is 1390. The minimum Gasteiger partial charge on any atom is -0.460 e. The van der Waals surface area contributed by atoms with Gasteiger partial charge in [0, 0.05) is 32.1 Å². The second kappa shape index (κ2) is 11.7. The third-order valence-corrected chi connectivity index (χ3v) is 7.75. The van der Waals surface area contributed by atoms with Crippen molar-refractivity contribution in [3.63, 3.8) is 0 Å². The fraction of sp³-hybridized carbons (Fsp3) is 0.607. The van der Waals surface area contributed by atoms with E-state index in [1.165, 1.54) is 21.6 Å². The maximum Gasteiger partial charge on any atom is 0.311 e. The summed E-state index contributed by atoms with van der Waals surface area (Å²) < 4.78 is 36.3. The van der Waals surface area contributed by atoms with Gasteiger partial charge in [0.2, 0.25) is 0 Å². The number of carbonyl (C=O) groups excluding carboxylic acids is 2. The summed E-state index contributed by atoms with van der Waals surface area (Å²) in [5.74, 6) is -0.363.